The predicted octanol–water partition coefficient (Wildman–Crippen LogP) is 6.64. The first-order valence-corrected chi connectivity index (χ1v) is 12.2. The van der Waals surface area contributed by atoms with Gasteiger partial charge in [0.05, 0.1) is 23.2 Å². The summed E-state index contributed by atoms with van der Waals surface area (Å²) in [7, 11) is 0. The quantitative estimate of drug-likeness (QED) is 0.353. The van der Waals surface area contributed by atoms with Gasteiger partial charge in [-0.2, -0.15) is 5.10 Å². The van der Waals surface area contributed by atoms with E-state index in [-0.39, 0.29) is 17.0 Å². The van der Waals surface area contributed by atoms with E-state index in [1.165, 1.54) is 16.7 Å². The maximum atomic E-state index is 6.42. The fraction of sp³-hybridized carbons (Fsp3) is 0.393. The summed E-state index contributed by atoms with van der Waals surface area (Å²) in [5, 5.41) is 17.5. The third kappa shape index (κ3) is 3.61. The molecule has 34 heavy (non-hydrogen) atoms. The molecule has 1 N–H and O–H groups in total. The first-order valence-electron chi connectivity index (χ1n) is 12.2. The van der Waals surface area contributed by atoms with Crippen LogP contribution in [0.5, 0.6) is 0 Å². The fourth-order valence-corrected chi connectivity index (χ4v) is 5.27. The molecule has 1 atom stereocenters. The topological polar surface area (TPSA) is 68.8 Å². The molecule has 0 aliphatic carbocycles. The minimum atomic E-state index is -0.314. The zero-order valence-electron chi connectivity index (χ0n) is 20.7. The van der Waals surface area contributed by atoms with E-state index in [0.29, 0.717) is 11.8 Å². The van der Waals surface area contributed by atoms with Crippen molar-refractivity contribution >= 4 is 5.82 Å². The van der Waals surface area contributed by atoms with E-state index in [1.54, 1.807) is 0 Å². The lowest BCUT2D eigenvalue weighted by Gasteiger charge is -2.38. The smallest absolute Gasteiger partial charge is 0.253 e. The molecule has 4 aromatic rings. The molecule has 3 heterocycles. The van der Waals surface area contributed by atoms with Crippen molar-refractivity contribution in [2.45, 2.75) is 70.9 Å². The number of rotatable bonds is 6. The van der Waals surface area contributed by atoms with Crippen LogP contribution in [0.25, 0.3) is 11.5 Å². The van der Waals surface area contributed by atoms with Crippen molar-refractivity contribution in [3.63, 3.8) is 0 Å². The highest BCUT2D eigenvalue weighted by atomic mass is 16.4. The molecular weight excluding hydrogens is 422 g/mol. The number of nitrogens with one attached hydrogen (secondary N) is 1. The Morgan fingerprint density at radius 2 is 1.74 bits per heavy atom. The molecule has 0 saturated heterocycles. The molecular formula is C28H33N5O. The number of fused-ring (bicyclic) bond motifs is 1. The normalized spacial score (nSPS) is 17.3. The van der Waals surface area contributed by atoms with Crippen molar-refractivity contribution in [1.82, 2.24) is 20.0 Å². The molecule has 0 saturated carbocycles. The van der Waals surface area contributed by atoms with Crippen LogP contribution in [-0.4, -0.2) is 20.0 Å². The van der Waals surface area contributed by atoms with E-state index >= 15 is 0 Å². The highest BCUT2D eigenvalue weighted by Crippen LogP contribution is 2.44. The summed E-state index contributed by atoms with van der Waals surface area (Å²) in [5.74, 6) is 2.09. The maximum absolute atomic E-state index is 6.42. The van der Waals surface area contributed by atoms with E-state index in [1.807, 2.05) is 6.20 Å². The Hall–Kier alpha value is -3.41. The first kappa shape index (κ1) is 22.4. The maximum Gasteiger partial charge on any atom is 0.253 e. The Bertz CT molecular complexity index is 1270. The molecule has 0 radical (unpaired) electrons. The highest BCUT2D eigenvalue weighted by molar-refractivity contribution is 5.70. The van der Waals surface area contributed by atoms with Gasteiger partial charge in [0.2, 0.25) is 5.89 Å². The van der Waals surface area contributed by atoms with Gasteiger partial charge in [-0.05, 0) is 51.2 Å². The summed E-state index contributed by atoms with van der Waals surface area (Å²) in [5.41, 5.74) is 4.09. The molecule has 1 unspecified atom stereocenters. The van der Waals surface area contributed by atoms with Crippen LogP contribution >= 0.6 is 0 Å². The van der Waals surface area contributed by atoms with E-state index in [9.17, 15) is 0 Å². The third-order valence-corrected chi connectivity index (χ3v) is 7.44. The Balaban J connectivity index is 1.55. The summed E-state index contributed by atoms with van der Waals surface area (Å²) >= 11 is 0. The van der Waals surface area contributed by atoms with Crippen molar-refractivity contribution < 1.29 is 4.42 Å². The lowest BCUT2D eigenvalue weighted by Crippen LogP contribution is -2.37. The monoisotopic (exact) mass is 455 g/mol. The number of nitrogens with zero attached hydrogens (tertiary/aromatic N) is 4. The Labute approximate surface area is 201 Å². The zero-order chi connectivity index (χ0) is 23.9. The molecule has 176 valence electrons. The van der Waals surface area contributed by atoms with Gasteiger partial charge < -0.3 is 9.73 Å². The Morgan fingerprint density at radius 3 is 2.41 bits per heavy atom. The molecule has 0 fully saturated rings. The van der Waals surface area contributed by atoms with Crippen LogP contribution in [-0.2, 0) is 11.0 Å². The van der Waals surface area contributed by atoms with Crippen molar-refractivity contribution in [3.8, 4) is 11.5 Å². The van der Waals surface area contributed by atoms with Gasteiger partial charge in [0.25, 0.3) is 5.89 Å². The van der Waals surface area contributed by atoms with Gasteiger partial charge in [0, 0.05) is 0 Å². The Kier molecular flexibility index (Phi) is 5.54. The van der Waals surface area contributed by atoms with Gasteiger partial charge in [0.15, 0.2) is 0 Å². The van der Waals surface area contributed by atoms with Crippen LogP contribution in [0.4, 0.5) is 5.82 Å². The minimum absolute atomic E-state index is 0.152. The minimum Gasteiger partial charge on any atom is -0.420 e. The summed E-state index contributed by atoms with van der Waals surface area (Å²) in [4.78, 5) is 0. The SMILES string of the molecule is CCC(CC)(c1ccc(C)cc1)c1nnc(-c2cnn3c2NC(c2ccccc2)CC3(C)C)o1. The molecule has 6 nitrogen and oxygen atoms in total. The Morgan fingerprint density at radius 1 is 1.03 bits per heavy atom. The number of aryl methyl sites for hydroxylation is 1. The number of benzene rings is 2. The second-order valence-corrected chi connectivity index (χ2v) is 10.0. The number of hydrogen-bond donors (Lipinski definition) is 1. The number of hydrogen-bond acceptors (Lipinski definition) is 5. The van der Waals surface area contributed by atoms with Gasteiger partial charge in [0.1, 0.15) is 11.4 Å². The largest absolute Gasteiger partial charge is 0.420 e. The molecule has 0 amide bonds. The zero-order valence-corrected chi connectivity index (χ0v) is 20.7. The number of aromatic nitrogens is 4. The molecule has 2 aromatic carbocycles. The van der Waals surface area contributed by atoms with Gasteiger partial charge in [-0.15, -0.1) is 10.2 Å². The standard InChI is InChI=1S/C28H33N5O/c1-6-28(7-2,21-15-13-19(3)14-16-21)26-32-31-25(34-26)22-18-29-33-24(22)30-23(17-27(33,4)5)20-11-9-8-10-12-20/h8-16,18,23,30H,6-7,17H2,1-5H3. The van der Waals surface area contributed by atoms with Gasteiger partial charge in [-0.1, -0.05) is 74.0 Å². The van der Waals surface area contributed by atoms with E-state index in [2.05, 4.69) is 109 Å². The molecule has 1 aliphatic rings. The van der Waals surface area contributed by atoms with Gasteiger partial charge in [-0.3, -0.25) is 0 Å². The molecule has 1 aliphatic heterocycles. The second-order valence-electron chi connectivity index (χ2n) is 10.0. The summed E-state index contributed by atoms with van der Waals surface area (Å²) < 4.78 is 8.47. The van der Waals surface area contributed by atoms with Crippen molar-refractivity contribution in [3.05, 3.63) is 83.4 Å². The van der Waals surface area contributed by atoms with Crippen LogP contribution in [0, 0.1) is 6.92 Å². The molecule has 6 heteroatoms. The van der Waals surface area contributed by atoms with E-state index in [0.717, 1.165) is 30.6 Å². The lowest BCUT2D eigenvalue weighted by molar-refractivity contribution is 0.263. The van der Waals surface area contributed by atoms with Crippen molar-refractivity contribution in [2.75, 3.05) is 5.32 Å². The third-order valence-electron chi connectivity index (χ3n) is 7.44. The van der Waals surface area contributed by atoms with Gasteiger partial charge in [-0.25, -0.2) is 4.68 Å². The van der Waals surface area contributed by atoms with Crippen LogP contribution in [0.15, 0.2) is 65.2 Å². The van der Waals surface area contributed by atoms with Crippen molar-refractivity contribution in [1.29, 1.82) is 0 Å². The molecule has 0 bridgehead atoms. The fourth-order valence-electron chi connectivity index (χ4n) is 5.27. The average molecular weight is 456 g/mol. The average Bonchev–Trinajstić information content (AvgIpc) is 3.50. The van der Waals surface area contributed by atoms with Crippen LogP contribution in [0.2, 0.25) is 0 Å². The predicted molar refractivity (Wildman–Crippen MR) is 135 cm³/mol. The summed E-state index contributed by atoms with van der Waals surface area (Å²) in [6.45, 7) is 10.9. The first-order chi connectivity index (χ1) is 16.4. The van der Waals surface area contributed by atoms with Crippen LogP contribution in [0.3, 0.4) is 0 Å². The number of anilines is 1. The lowest BCUT2D eigenvalue weighted by atomic mass is 9.75. The second kappa shape index (κ2) is 8.42. The summed E-state index contributed by atoms with van der Waals surface area (Å²) in [6.07, 6.45) is 4.53. The molecule has 2 aromatic heterocycles. The summed E-state index contributed by atoms with van der Waals surface area (Å²) in [6, 6.07) is 19.4. The van der Waals surface area contributed by atoms with Crippen LogP contribution < -0.4 is 5.32 Å². The van der Waals surface area contributed by atoms with Crippen LogP contribution in [0.1, 0.15) is 75.6 Å². The molecule has 0 spiro atoms. The molecule has 5 rings (SSSR count). The van der Waals surface area contributed by atoms with E-state index in [4.69, 9.17) is 9.52 Å². The van der Waals surface area contributed by atoms with Gasteiger partial charge >= 0.3 is 0 Å². The van der Waals surface area contributed by atoms with Crippen molar-refractivity contribution in [2.24, 2.45) is 0 Å². The van der Waals surface area contributed by atoms with E-state index < -0.39 is 0 Å². The highest BCUT2D eigenvalue weighted by Gasteiger charge is 2.39.